The van der Waals surface area contributed by atoms with Gasteiger partial charge in [-0.1, -0.05) is 41.5 Å². The molecule has 0 spiro atoms. The molecule has 0 heterocycles. The van der Waals surface area contributed by atoms with E-state index in [9.17, 15) is 14.4 Å². The average Bonchev–Trinajstić information content (AvgIpc) is 2.92. The first-order chi connectivity index (χ1) is 21.0. The van der Waals surface area contributed by atoms with Crippen molar-refractivity contribution in [2.75, 3.05) is 59.3 Å². The van der Waals surface area contributed by atoms with Crippen LogP contribution in [0.1, 0.15) is 108 Å². The average molecular weight is 645 g/mol. The molecule has 11 nitrogen and oxygen atoms in total. The van der Waals surface area contributed by atoms with Gasteiger partial charge < -0.3 is 40.2 Å². The number of Topliss-reactive ketones (excluding diaryl/α,β-unsaturated/α-hetero) is 1. The summed E-state index contributed by atoms with van der Waals surface area (Å²) in [6, 6.07) is 0.178. The molecule has 0 aliphatic carbocycles. The molecule has 266 valence electrons. The van der Waals surface area contributed by atoms with Gasteiger partial charge in [0.05, 0.1) is 44.2 Å². The molecule has 4 N–H and O–H groups in total. The highest BCUT2D eigenvalue weighted by molar-refractivity contribution is 5.88. The second kappa shape index (κ2) is 24.5. The quantitative estimate of drug-likeness (QED) is 0.0898. The Balaban J connectivity index is 4.62. The molecule has 0 aromatic heterocycles. The van der Waals surface area contributed by atoms with Crippen LogP contribution in [0.2, 0.25) is 0 Å². The number of unbranched alkanes of at least 4 members (excludes halogenated alkanes) is 1. The van der Waals surface area contributed by atoms with Crippen molar-refractivity contribution >= 4 is 17.6 Å². The third-order valence-corrected chi connectivity index (χ3v) is 7.24. The zero-order chi connectivity index (χ0) is 34.3. The van der Waals surface area contributed by atoms with E-state index < -0.39 is 17.2 Å². The Morgan fingerprint density at radius 1 is 0.667 bits per heavy atom. The van der Waals surface area contributed by atoms with Crippen LogP contribution < -0.4 is 21.3 Å². The summed E-state index contributed by atoms with van der Waals surface area (Å²) in [5, 5.41) is 12.5. The third kappa shape index (κ3) is 26.2. The van der Waals surface area contributed by atoms with Gasteiger partial charge in [-0.15, -0.1) is 0 Å². The molecule has 45 heavy (non-hydrogen) atoms. The molecule has 0 aliphatic heterocycles. The summed E-state index contributed by atoms with van der Waals surface area (Å²) in [5.74, 6) is -0.303. The Labute approximate surface area is 274 Å². The predicted octanol–water partition coefficient (Wildman–Crippen LogP) is 3.77. The highest BCUT2D eigenvalue weighted by atomic mass is 16.5. The fraction of sp³-hybridized carbons (Fsp3) is 0.912. The van der Waals surface area contributed by atoms with Crippen molar-refractivity contribution in [2.24, 2.45) is 5.92 Å². The molecular weight excluding hydrogens is 576 g/mol. The molecular formula is C34H68N4O7. The number of rotatable bonds is 29. The van der Waals surface area contributed by atoms with Crippen LogP contribution in [0.5, 0.6) is 0 Å². The van der Waals surface area contributed by atoms with E-state index in [0.717, 1.165) is 25.9 Å². The van der Waals surface area contributed by atoms with Crippen molar-refractivity contribution in [3.8, 4) is 0 Å². The normalized spacial score (nSPS) is 13.1. The topological polar surface area (TPSA) is 136 Å². The van der Waals surface area contributed by atoms with Crippen LogP contribution in [0, 0.1) is 5.92 Å². The monoisotopic (exact) mass is 645 g/mol. The van der Waals surface area contributed by atoms with Gasteiger partial charge in [0.1, 0.15) is 18.4 Å². The fourth-order valence-electron chi connectivity index (χ4n) is 4.22. The second-order valence-electron chi connectivity index (χ2n) is 13.9. The molecule has 1 atom stereocenters. The second-order valence-corrected chi connectivity index (χ2v) is 13.9. The summed E-state index contributed by atoms with van der Waals surface area (Å²) in [4.78, 5) is 37.5. The minimum Gasteiger partial charge on any atom is -0.378 e. The molecule has 1 unspecified atom stereocenters. The van der Waals surface area contributed by atoms with Crippen LogP contribution in [0.3, 0.4) is 0 Å². The fourth-order valence-corrected chi connectivity index (χ4v) is 4.22. The van der Waals surface area contributed by atoms with Gasteiger partial charge in [0.2, 0.25) is 11.8 Å². The summed E-state index contributed by atoms with van der Waals surface area (Å²) >= 11 is 0. The van der Waals surface area contributed by atoms with E-state index >= 15 is 0 Å². The first kappa shape index (κ1) is 43.4. The maximum atomic E-state index is 13.1. The zero-order valence-electron chi connectivity index (χ0n) is 30.3. The SMILES string of the molecule is CC(C)NCCCCC(NC(=O)COCCOCCNC(C)C)C(=O)NCCC(C)(C)OCCC(C)(C)OCCC(=O)C(C)C. The Bertz CT molecular complexity index is 803. The molecule has 2 amide bonds. The van der Waals surface area contributed by atoms with Crippen LogP contribution in [0.15, 0.2) is 0 Å². The number of carbonyl (C=O) groups excluding carboxylic acids is 3. The van der Waals surface area contributed by atoms with Crippen molar-refractivity contribution in [1.29, 1.82) is 0 Å². The van der Waals surface area contributed by atoms with Gasteiger partial charge in [-0.2, -0.15) is 0 Å². The van der Waals surface area contributed by atoms with E-state index in [1.54, 1.807) is 0 Å². The van der Waals surface area contributed by atoms with E-state index in [-0.39, 0.29) is 30.1 Å². The number of ether oxygens (including phenoxy) is 4. The summed E-state index contributed by atoms with van der Waals surface area (Å²) in [6.07, 6.45) is 3.96. The smallest absolute Gasteiger partial charge is 0.246 e. The van der Waals surface area contributed by atoms with Crippen molar-refractivity contribution in [1.82, 2.24) is 21.3 Å². The summed E-state index contributed by atoms with van der Waals surface area (Å²) in [7, 11) is 0. The van der Waals surface area contributed by atoms with Crippen molar-refractivity contribution in [3.05, 3.63) is 0 Å². The van der Waals surface area contributed by atoms with Gasteiger partial charge in [-0.05, 0) is 66.3 Å². The molecule has 11 heteroatoms. The largest absolute Gasteiger partial charge is 0.378 e. The lowest BCUT2D eigenvalue weighted by molar-refractivity contribution is -0.132. The molecule has 0 rings (SSSR count). The van der Waals surface area contributed by atoms with Gasteiger partial charge in [0, 0.05) is 37.5 Å². The van der Waals surface area contributed by atoms with Crippen LogP contribution >= 0.6 is 0 Å². The van der Waals surface area contributed by atoms with Crippen molar-refractivity contribution in [3.63, 3.8) is 0 Å². The number of amides is 2. The van der Waals surface area contributed by atoms with Crippen LogP contribution in [0.25, 0.3) is 0 Å². The van der Waals surface area contributed by atoms with Crippen molar-refractivity contribution in [2.45, 2.75) is 137 Å². The summed E-state index contributed by atoms with van der Waals surface area (Å²) in [5.41, 5.74) is -0.863. The first-order valence-corrected chi connectivity index (χ1v) is 17.0. The van der Waals surface area contributed by atoms with E-state index in [1.807, 2.05) is 41.5 Å². The van der Waals surface area contributed by atoms with Crippen LogP contribution in [0.4, 0.5) is 0 Å². The minimum absolute atomic E-state index is 0.0201. The van der Waals surface area contributed by atoms with E-state index in [1.165, 1.54) is 0 Å². The van der Waals surface area contributed by atoms with Gasteiger partial charge in [0.15, 0.2) is 0 Å². The van der Waals surface area contributed by atoms with Gasteiger partial charge in [0.25, 0.3) is 0 Å². The van der Waals surface area contributed by atoms with Gasteiger partial charge in [-0.25, -0.2) is 0 Å². The lowest BCUT2D eigenvalue weighted by Crippen LogP contribution is -2.48. The van der Waals surface area contributed by atoms with Crippen LogP contribution in [-0.2, 0) is 33.3 Å². The third-order valence-electron chi connectivity index (χ3n) is 7.24. The maximum Gasteiger partial charge on any atom is 0.246 e. The van der Waals surface area contributed by atoms with E-state index in [4.69, 9.17) is 18.9 Å². The molecule has 0 aromatic rings. The van der Waals surface area contributed by atoms with Crippen LogP contribution in [-0.4, -0.2) is 106 Å². The van der Waals surface area contributed by atoms with E-state index in [0.29, 0.717) is 77.3 Å². The summed E-state index contributed by atoms with van der Waals surface area (Å²) in [6.45, 7) is 24.3. The molecule has 0 aromatic carbocycles. The zero-order valence-corrected chi connectivity index (χ0v) is 30.3. The van der Waals surface area contributed by atoms with Crippen molar-refractivity contribution < 1.29 is 33.3 Å². The molecule has 0 saturated heterocycles. The van der Waals surface area contributed by atoms with Gasteiger partial charge >= 0.3 is 0 Å². The molecule has 0 bridgehead atoms. The highest BCUT2D eigenvalue weighted by Gasteiger charge is 2.25. The predicted molar refractivity (Wildman–Crippen MR) is 180 cm³/mol. The van der Waals surface area contributed by atoms with Gasteiger partial charge in [-0.3, -0.25) is 14.4 Å². The first-order valence-electron chi connectivity index (χ1n) is 17.0. The molecule has 0 radical (unpaired) electrons. The highest BCUT2D eigenvalue weighted by Crippen LogP contribution is 2.20. The Kier molecular flexibility index (Phi) is 23.6. The Morgan fingerprint density at radius 3 is 1.91 bits per heavy atom. The number of hydrogen-bond donors (Lipinski definition) is 4. The number of hydrogen-bond acceptors (Lipinski definition) is 9. The maximum absolute atomic E-state index is 13.1. The number of nitrogens with one attached hydrogen (secondary N) is 4. The lowest BCUT2D eigenvalue weighted by Gasteiger charge is -2.30. The molecule has 0 aliphatic rings. The Morgan fingerprint density at radius 2 is 1.27 bits per heavy atom. The van der Waals surface area contributed by atoms with E-state index in [2.05, 4.69) is 49.0 Å². The number of ketones is 1. The Hall–Kier alpha value is -1.63. The molecule has 0 saturated carbocycles. The number of carbonyl (C=O) groups is 3. The minimum atomic E-state index is -0.636. The standard InChI is InChI=1S/C34H68N4O7/c1-26(2)30(39)14-20-44-34(9,10)16-21-45-33(7,8)15-18-37-32(41)29(13-11-12-17-35-27(3)4)38-31(40)25-43-24-23-42-22-19-36-28(5)6/h26-29,35-36H,11-25H2,1-10H3,(H,37,41)(H,38,40). The molecule has 0 fully saturated rings. The summed E-state index contributed by atoms with van der Waals surface area (Å²) < 4.78 is 23.0. The lowest BCUT2D eigenvalue weighted by atomic mass is 10.0.